The molecule has 16 heavy (non-hydrogen) atoms. The number of nitrogens with one attached hydrogen (secondary N) is 1. The molecule has 0 amide bonds. The van der Waals surface area contributed by atoms with E-state index in [-0.39, 0.29) is 0 Å². The van der Waals surface area contributed by atoms with Crippen molar-refractivity contribution in [2.24, 2.45) is 0 Å². The molecule has 1 atom stereocenters. The molecule has 1 aliphatic heterocycles. The van der Waals surface area contributed by atoms with Crippen LogP contribution in [0.2, 0.25) is 0 Å². The van der Waals surface area contributed by atoms with E-state index >= 15 is 0 Å². The zero-order valence-corrected chi connectivity index (χ0v) is 10.4. The van der Waals surface area contributed by atoms with Crippen LogP contribution in [0.25, 0.3) is 0 Å². The zero-order valence-electron chi connectivity index (χ0n) is 10.4. The van der Waals surface area contributed by atoms with Crippen LogP contribution < -0.4 is 5.32 Å². The van der Waals surface area contributed by atoms with E-state index in [0.29, 0.717) is 6.04 Å². The Morgan fingerprint density at radius 1 is 1.44 bits per heavy atom. The van der Waals surface area contributed by atoms with Gasteiger partial charge in [0.2, 0.25) is 0 Å². The zero-order chi connectivity index (χ0) is 11.4. The van der Waals surface area contributed by atoms with Crippen LogP contribution in [0, 0.1) is 6.92 Å². The molecule has 88 valence electrons. The normalized spacial score (nSPS) is 22.2. The Morgan fingerprint density at radius 3 is 3.06 bits per heavy atom. The molecule has 0 aliphatic carbocycles. The quantitative estimate of drug-likeness (QED) is 0.836. The average Bonchev–Trinajstić information content (AvgIpc) is 2.30. The van der Waals surface area contributed by atoms with Gasteiger partial charge in [-0.1, -0.05) is 36.8 Å². The van der Waals surface area contributed by atoms with Crippen molar-refractivity contribution in [2.45, 2.75) is 32.9 Å². The number of hydrogen-bond acceptors (Lipinski definition) is 2. The van der Waals surface area contributed by atoms with Crippen molar-refractivity contribution in [3.63, 3.8) is 0 Å². The predicted molar refractivity (Wildman–Crippen MR) is 68.5 cm³/mol. The maximum Gasteiger partial charge on any atom is 0.0237 e. The molecule has 0 spiro atoms. The fourth-order valence-electron chi connectivity index (χ4n) is 2.46. The second kappa shape index (κ2) is 5.46. The Hall–Kier alpha value is -0.860. The molecule has 1 unspecified atom stereocenters. The van der Waals surface area contributed by atoms with Crippen molar-refractivity contribution in [3.05, 3.63) is 35.4 Å². The van der Waals surface area contributed by atoms with Crippen molar-refractivity contribution in [2.75, 3.05) is 19.6 Å². The summed E-state index contributed by atoms with van der Waals surface area (Å²) < 4.78 is 0. The lowest BCUT2D eigenvalue weighted by atomic mass is 10.1. The Labute approximate surface area is 98.7 Å². The molecule has 0 aromatic heterocycles. The molecule has 1 saturated heterocycles. The standard InChI is InChI=1S/C14H22N2/c1-3-14-10-15-7-8-16(14)11-13-6-4-5-12(2)9-13/h4-6,9,14-15H,3,7-8,10-11H2,1-2H3. The van der Waals surface area contributed by atoms with Gasteiger partial charge in [0.25, 0.3) is 0 Å². The molecule has 0 bridgehead atoms. The summed E-state index contributed by atoms with van der Waals surface area (Å²) in [6, 6.07) is 9.57. The summed E-state index contributed by atoms with van der Waals surface area (Å²) in [6.07, 6.45) is 1.23. The van der Waals surface area contributed by atoms with Crippen molar-refractivity contribution in [3.8, 4) is 0 Å². The average molecular weight is 218 g/mol. The molecule has 1 aromatic carbocycles. The van der Waals surface area contributed by atoms with Crippen LogP contribution in [0.15, 0.2) is 24.3 Å². The van der Waals surface area contributed by atoms with Gasteiger partial charge in [-0.15, -0.1) is 0 Å². The molecule has 2 rings (SSSR count). The molecular formula is C14H22N2. The van der Waals surface area contributed by atoms with E-state index < -0.39 is 0 Å². The molecule has 1 aromatic rings. The minimum Gasteiger partial charge on any atom is -0.314 e. The number of nitrogens with zero attached hydrogens (tertiary/aromatic N) is 1. The first-order valence-electron chi connectivity index (χ1n) is 6.30. The monoisotopic (exact) mass is 218 g/mol. The second-order valence-electron chi connectivity index (χ2n) is 4.73. The summed E-state index contributed by atoms with van der Waals surface area (Å²) in [6.45, 7) is 8.98. The van der Waals surface area contributed by atoms with E-state index in [2.05, 4.69) is 48.3 Å². The van der Waals surface area contributed by atoms with Gasteiger partial charge in [0, 0.05) is 32.2 Å². The Kier molecular flexibility index (Phi) is 3.97. The van der Waals surface area contributed by atoms with Crippen molar-refractivity contribution in [1.82, 2.24) is 10.2 Å². The predicted octanol–water partition coefficient (Wildman–Crippen LogP) is 2.18. The fraction of sp³-hybridized carbons (Fsp3) is 0.571. The van der Waals surface area contributed by atoms with Crippen molar-refractivity contribution < 1.29 is 0 Å². The van der Waals surface area contributed by atoms with E-state index in [9.17, 15) is 0 Å². The van der Waals surface area contributed by atoms with Crippen molar-refractivity contribution >= 4 is 0 Å². The van der Waals surface area contributed by atoms with E-state index in [4.69, 9.17) is 0 Å². The highest BCUT2D eigenvalue weighted by atomic mass is 15.2. The van der Waals surface area contributed by atoms with Crippen LogP contribution >= 0.6 is 0 Å². The summed E-state index contributed by atoms with van der Waals surface area (Å²) in [5.74, 6) is 0. The van der Waals surface area contributed by atoms with Gasteiger partial charge in [-0.3, -0.25) is 4.90 Å². The topological polar surface area (TPSA) is 15.3 Å². The molecular weight excluding hydrogens is 196 g/mol. The lowest BCUT2D eigenvalue weighted by Crippen LogP contribution is -2.50. The second-order valence-corrected chi connectivity index (χ2v) is 4.73. The van der Waals surface area contributed by atoms with Crippen LogP contribution in [0.3, 0.4) is 0 Å². The van der Waals surface area contributed by atoms with Gasteiger partial charge in [-0.2, -0.15) is 0 Å². The minimum atomic E-state index is 0.703. The molecule has 1 heterocycles. The van der Waals surface area contributed by atoms with Gasteiger partial charge in [0.15, 0.2) is 0 Å². The third-order valence-electron chi connectivity index (χ3n) is 3.41. The SMILES string of the molecule is CCC1CNCCN1Cc1cccc(C)c1. The highest BCUT2D eigenvalue weighted by Gasteiger charge is 2.20. The maximum atomic E-state index is 3.47. The molecule has 1 aliphatic rings. The highest BCUT2D eigenvalue weighted by Crippen LogP contribution is 2.13. The summed E-state index contributed by atoms with van der Waals surface area (Å²) in [4.78, 5) is 2.60. The molecule has 2 nitrogen and oxygen atoms in total. The lowest BCUT2D eigenvalue weighted by molar-refractivity contribution is 0.149. The largest absolute Gasteiger partial charge is 0.314 e. The smallest absolute Gasteiger partial charge is 0.0237 e. The lowest BCUT2D eigenvalue weighted by Gasteiger charge is -2.35. The van der Waals surface area contributed by atoms with Gasteiger partial charge in [-0.25, -0.2) is 0 Å². The van der Waals surface area contributed by atoms with Gasteiger partial charge in [0.05, 0.1) is 0 Å². The van der Waals surface area contributed by atoms with E-state index in [1.165, 1.54) is 24.1 Å². The minimum absolute atomic E-state index is 0.703. The molecule has 1 N–H and O–H groups in total. The summed E-state index contributed by atoms with van der Waals surface area (Å²) in [7, 11) is 0. The molecule has 2 heteroatoms. The first kappa shape index (κ1) is 11.6. The van der Waals surface area contributed by atoms with Crippen LogP contribution in [0.1, 0.15) is 24.5 Å². The number of rotatable bonds is 3. The number of benzene rings is 1. The third kappa shape index (κ3) is 2.83. The summed E-state index contributed by atoms with van der Waals surface area (Å²) in [5.41, 5.74) is 2.81. The Bertz CT molecular complexity index is 335. The van der Waals surface area contributed by atoms with Crippen LogP contribution in [-0.2, 0) is 6.54 Å². The Balaban J connectivity index is 2.02. The van der Waals surface area contributed by atoms with Crippen LogP contribution in [-0.4, -0.2) is 30.6 Å². The van der Waals surface area contributed by atoms with Crippen LogP contribution in [0.4, 0.5) is 0 Å². The molecule has 1 fully saturated rings. The van der Waals surface area contributed by atoms with Crippen molar-refractivity contribution in [1.29, 1.82) is 0 Å². The van der Waals surface area contributed by atoms with E-state index in [0.717, 1.165) is 19.6 Å². The van der Waals surface area contributed by atoms with Gasteiger partial charge in [0.1, 0.15) is 0 Å². The van der Waals surface area contributed by atoms with Gasteiger partial charge in [-0.05, 0) is 18.9 Å². The summed E-state index contributed by atoms with van der Waals surface area (Å²) >= 11 is 0. The first-order chi connectivity index (χ1) is 7.79. The highest BCUT2D eigenvalue weighted by molar-refractivity contribution is 5.22. The number of piperazine rings is 1. The van der Waals surface area contributed by atoms with Crippen LogP contribution in [0.5, 0.6) is 0 Å². The van der Waals surface area contributed by atoms with E-state index in [1.807, 2.05) is 0 Å². The first-order valence-corrected chi connectivity index (χ1v) is 6.30. The fourth-order valence-corrected chi connectivity index (χ4v) is 2.46. The van der Waals surface area contributed by atoms with Gasteiger partial charge < -0.3 is 5.32 Å². The third-order valence-corrected chi connectivity index (χ3v) is 3.41. The maximum absolute atomic E-state index is 3.47. The molecule has 0 saturated carbocycles. The Morgan fingerprint density at radius 2 is 2.31 bits per heavy atom. The molecule has 0 radical (unpaired) electrons. The number of aryl methyl sites for hydroxylation is 1. The van der Waals surface area contributed by atoms with E-state index in [1.54, 1.807) is 0 Å². The summed E-state index contributed by atoms with van der Waals surface area (Å²) in [5, 5.41) is 3.47. The number of hydrogen-bond donors (Lipinski definition) is 1. The van der Waals surface area contributed by atoms with Gasteiger partial charge >= 0.3 is 0 Å².